The first kappa shape index (κ1) is 23.7. The second-order valence-corrected chi connectivity index (χ2v) is 7.60. The van der Waals surface area contributed by atoms with Gasteiger partial charge in [-0.15, -0.1) is 0 Å². The van der Waals surface area contributed by atoms with Crippen molar-refractivity contribution in [2.75, 3.05) is 36.2 Å². The van der Waals surface area contributed by atoms with E-state index < -0.39 is 0 Å². The van der Waals surface area contributed by atoms with E-state index >= 15 is 0 Å². The topological polar surface area (TPSA) is 101 Å². The van der Waals surface area contributed by atoms with Crippen LogP contribution < -0.4 is 26.9 Å². The summed E-state index contributed by atoms with van der Waals surface area (Å²) >= 11 is 5.94. The highest BCUT2D eigenvalue weighted by atomic mass is 35.5. The monoisotopic (exact) mass is 455 g/mol. The molecule has 1 aliphatic rings. The number of benzene rings is 2. The largest absolute Gasteiger partial charge is 0.397 e. The van der Waals surface area contributed by atoms with Crippen LogP contribution in [-0.2, 0) is 4.74 Å². The number of ether oxygens (including phenoxy) is 1. The van der Waals surface area contributed by atoms with E-state index in [0.717, 1.165) is 37.6 Å². The highest BCUT2D eigenvalue weighted by molar-refractivity contribution is 6.30. The number of aromatic amines is 1. The molecule has 3 aromatic rings. The van der Waals surface area contributed by atoms with Gasteiger partial charge < -0.3 is 20.4 Å². The number of pyridine rings is 1. The lowest BCUT2D eigenvalue weighted by Gasteiger charge is -2.22. The fraction of sp³-hybridized carbons (Fsp3) is 0.292. The zero-order chi connectivity index (χ0) is 23.1. The minimum absolute atomic E-state index is 0.0547. The van der Waals surface area contributed by atoms with E-state index in [1.54, 1.807) is 42.6 Å². The minimum Gasteiger partial charge on any atom is -0.397 e. The summed E-state index contributed by atoms with van der Waals surface area (Å²) in [5.74, 6) is 6.93. The van der Waals surface area contributed by atoms with Crippen LogP contribution in [0, 0.1) is 0 Å². The number of hydrogen-bond donors (Lipinski definition) is 3. The maximum absolute atomic E-state index is 12.8. The number of hydrazine groups is 1. The highest BCUT2D eigenvalue weighted by Gasteiger charge is 2.15. The van der Waals surface area contributed by atoms with Crippen molar-refractivity contribution in [3.05, 3.63) is 75.5 Å². The van der Waals surface area contributed by atoms with Gasteiger partial charge in [0, 0.05) is 47.9 Å². The molecule has 2 aromatic carbocycles. The van der Waals surface area contributed by atoms with E-state index in [-0.39, 0.29) is 5.43 Å². The minimum atomic E-state index is -0.0547. The number of hydrogen-bond acceptors (Lipinski definition) is 6. The number of nitrogens with one attached hydrogen (secondary N) is 1. The number of H-pyrrole nitrogens is 1. The van der Waals surface area contributed by atoms with Crippen molar-refractivity contribution in [3.8, 4) is 0 Å². The average Bonchev–Trinajstić information content (AvgIpc) is 3.10. The fourth-order valence-electron chi connectivity index (χ4n) is 3.56. The molecule has 0 amide bonds. The van der Waals surface area contributed by atoms with Gasteiger partial charge in [0.2, 0.25) is 0 Å². The normalized spacial score (nSPS) is 14.5. The van der Waals surface area contributed by atoms with Crippen molar-refractivity contribution in [2.24, 2.45) is 11.6 Å². The number of aromatic nitrogens is 1. The molecule has 0 atom stereocenters. The summed E-state index contributed by atoms with van der Waals surface area (Å²) in [7, 11) is 0. The van der Waals surface area contributed by atoms with Crippen LogP contribution in [0.4, 0.5) is 11.5 Å². The van der Waals surface area contributed by atoms with Gasteiger partial charge in [-0.3, -0.25) is 9.80 Å². The average molecular weight is 456 g/mol. The van der Waals surface area contributed by atoms with Gasteiger partial charge in [-0.25, -0.2) is 5.84 Å². The lowest BCUT2D eigenvalue weighted by atomic mass is 10.1. The first-order chi connectivity index (χ1) is 15.5. The summed E-state index contributed by atoms with van der Waals surface area (Å²) in [4.78, 5) is 18.3. The van der Waals surface area contributed by atoms with Gasteiger partial charge in [0.15, 0.2) is 5.43 Å². The van der Waals surface area contributed by atoms with E-state index in [2.05, 4.69) is 9.88 Å². The second kappa shape index (κ2) is 11.0. The van der Waals surface area contributed by atoms with Crippen molar-refractivity contribution < 1.29 is 4.74 Å². The first-order valence-corrected chi connectivity index (χ1v) is 11.2. The van der Waals surface area contributed by atoms with E-state index in [1.165, 1.54) is 5.01 Å². The molecule has 1 aromatic heterocycles. The summed E-state index contributed by atoms with van der Waals surface area (Å²) in [6, 6.07) is 14.2. The van der Waals surface area contributed by atoms with E-state index in [9.17, 15) is 4.79 Å². The van der Waals surface area contributed by atoms with Crippen LogP contribution in [0.5, 0.6) is 0 Å². The Morgan fingerprint density at radius 1 is 1.16 bits per heavy atom. The molecular weight excluding hydrogens is 426 g/mol. The third kappa shape index (κ3) is 5.43. The van der Waals surface area contributed by atoms with Crippen LogP contribution in [-0.4, -0.2) is 31.3 Å². The molecule has 8 heteroatoms. The number of para-hydroxylation sites is 1. The summed E-state index contributed by atoms with van der Waals surface area (Å²) in [5.41, 5.74) is 8.90. The van der Waals surface area contributed by atoms with Gasteiger partial charge in [-0.1, -0.05) is 37.6 Å². The predicted octanol–water partition coefficient (Wildman–Crippen LogP) is 4.07. The smallest absolute Gasteiger partial charge is 0.191 e. The van der Waals surface area contributed by atoms with Gasteiger partial charge in [0.1, 0.15) is 5.82 Å². The standard InChI is InChI=1S/C22H24ClN5O2.C2H6/c23-15-5-7-16(8-6-15)28(25)14-19(24)17-3-1-4-18-20(29)13-21(26-22(17)18)27-9-2-11-30-12-10-27;1-2/h1,3-8,13-14H,2,9-12,24-25H2,(H,26,29);1-2H3/b19-14-;. The quantitative estimate of drug-likeness (QED) is 0.405. The molecule has 4 rings (SSSR count). The van der Waals surface area contributed by atoms with Crippen molar-refractivity contribution in [1.82, 2.24) is 4.98 Å². The predicted molar refractivity (Wildman–Crippen MR) is 134 cm³/mol. The molecule has 5 N–H and O–H groups in total. The Balaban J connectivity index is 0.00000141. The van der Waals surface area contributed by atoms with Gasteiger partial charge in [0.25, 0.3) is 0 Å². The second-order valence-electron chi connectivity index (χ2n) is 7.17. The Morgan fingerprint density at radius 2 is 1.91 bits per heavy atom. The fourth-order valence-corrected chi connectivity index (χ4v) is 3.69. The van der Waals surface area contributed by atoms with Crippen LogP contribution in [0.3, 0.4) is 0 Å². The Hall–Kier alpha value is -3.00. The molecule has 32 heavy (non-hydrogen) atoms. The van der Waals surface area contributed by atoms with Crippen LogP contribution in [0.1, 0.15) is 25.8 Å². The number of anilines is 2. The van der Waals surface area contributed by atoms with Crippen molar-refractivity contribution in [2.45, 2.75) is 20.3 Å². The molecule has 0 spiro atoms. The number of fused-ring (bicyclic) bond motifs is 1. The van der Waals surface area contributed by atoms with Crippen LogP contribution in [0.25, 0.3) is 16.6 Å². The Kier molecular flexibility index (Phi) is 8.16. The molecule has 1 aliphatic heterocycles. The highest BCUT2D eigenvalue weighted by Crippen LogP contribution is 2.24. The van der Waals surface area contributed by atoms with Gasteiger partial charge in [-0.2, -0.15) is 0 Å². The maximum Gasteiger partial charge on any atom is 0.191 e. The summed E-state index contributed by atoms with van der Waals surface area (Å²) < 4.78 is 5.53. The van der Waals surface area contributed by atoms with Crippen LogP contribution >= 0.6 is 11.6 Å². The molecule has 1 fully saturated rings. The Morgan fingerprint density at radius 3 is 2.66 bits per heavy atom. The van der Waals surface area contributed by atoms with Crippen LogP contribution in [0.2, 0.25) is 5.02 Å². The number of halogens is 1. The number of nitrogens with zero attached hydrogens (tertiary/aromatic N) is 2. The third-order valence-electron chi connectivity index (χ3n) is 5.13. The van der Waals surface area contributed by atoms with Crippen LogP contribution in [0.15, 0.2) is 59.5 Å². The van der Waals surface area contributed by atoms with E-state index in [0.29, 0.717) is 33.8 Å². The zero-order valence-electron chi connectivity index (χ0n) is 18.5. The lowest BCUT2D eigenvalue weighted by Crippen LogP contribution is -2.28. The van der Waals surface area contributed by atoms with Crippen molar-refractivity contribution in [1.29, 1.82) is 0 Å². The molecule has 0 bridgehead atoms. The summed E-state index contributed by atoms with van der Waals surface area (Å²) in [6.07, 6.45) is 2.54. The molecule has 0 radical (unpaired) electrons. The molecule has 1 saturated heterocycles. The molecule has 0 aliphatic carbocycles. The molecule has 0 unspecified atom stereocenters. The molecule has 7 nitrogen and oxygen atoms in total. The Bertz CT molecular complexity index is 1120. The number of nitrogens with two attached hydrogens (primary N) is 2. The SMILES string of the molecule is CC.N/C(=C\N(N)c1ccc(Cl)cc1)c1cccc2c(=O)cc(N3CCCOCC3)[nH]c12. The van der Waals surface area contributed by atoms with E-state index in [4.69, 9.17) is 27.9 Å². The van der Waals surface area contributed by atoms with Gasteiger partial charge >= 0.3 is 0 Å². The number of rotatable bonds is 4. The summed E-state index contributed by atoms with van der Waals surface area (Å²) in [5, 5.41) is 2.63. The van der Waals surface area contributed by atoms with Gasteiger partial charge in [-0.05, 0) is 36.8 Å². The van der Waals surface area contributed by atoms with Crippen molar-refractivity contribution >= 4 is 39.7 Å². The molecule has 170 valence electrons. The lowest BCUT2D eigenvalue weighted by molar-refractivity contribution is 0.152. The third-order valence-corrected chi connectivity index (χ3v) is 5.38. The molecule has 0 saturated carbocycles. The van der Waals surface area contributed by atoms with Crippen molar-refractivity contribution in [3.63, 3.8) is 0 Å². The van der Waals surface area contributed by atoms with E-state index in [1.807, 2.05) is 26.0 Å². The Labute approximate surface area is 193 Å². The first-order valence-electron chi connectivity index (χ1n) is 10.8. The zero-order valence-corrected chi connectivity index (χ0v) is 19.2. The molecule has 2 heterocycles. The van der Waals surface area contributed by atoms with Gasteiger partial charge in [0.05, 0.1) is 23.5 Å². The molecular formula is C24H30ClN5O2. The maximum atomic E-state index is 12.8. The summed E-state index contributed by atoms with van der Waals surface area (Å²) in [6.45, 7) is 6.91.